The molecule has 1 saturated heterocycles. The molecule has 7 heteroatoms. The first kappa shape index (κ1) is 23.6. The number of ether oxygens (including phenoxy) is 1. The molecule has 0 aliphatic carbocycles. The van der Waals surface area contributed by atoms with Gasteiger partial charge in [0.15, 0.2) is 0 Å². The Labute approximate surface area is 214 Å². The van der Waals surface area contributed by atoms with Crippen LogP contribution in [0, 0.1) is 0 Å². The van der Waals surface area contributed by atoms with Crippen molar-refractivity contribution in [3.05, 3.63) is 76.1 Å². The normalized spacial score (nSPS) is 13.9. The molecule has 0 radical (unpaired) electrons. The Balaban J connectivity index is 1.43. The maximum atomic E-state index is 13.8. The summed E-state index contributed by atoms with van der Waals surface area (Å²) in [6.07, 6.45) is 0.982. The van der Waals surface area contributed by atoms with Gasteiger partial charge in [0.25, 0.3) is 5.91 Å². The Bertz CT molecular complexity index is 1360. The molecule has 5 rings (SSSR count). The predicted molar refractivity (Wildman–Crippen MR) is 145 cm³/mol. The number of pyridine rings is 1. The third-order valence-electron chi connectivity index (χ3n) is 6.34. The maximum absolute atomic E-state index is 13.8. The molecule has 0 spiro atoms. The highest BCUT2D eigenvalue weighted by Gasteiger charge is 2.26. The zero-order valence-corrected chi connectivity index (χ0v) is 21.5. The van der Waals surface area contributed by atoms with E-state index in [2.05, 4.69) is 30.0 Å². The fourth-order valence-electron chi connectivity index (χ4n) is 4.52. The van der Waals surface area contributed by atoms with Crippen molar-refractivity contribution in [1.29, 1.82) is 0 Å². The molecule has 0 bridgehead atoms. The first-order valence-corrected chi connectivity index (χ1v) is 13.2. The van der Waals surface area contributed by atoms with Crippen molar-refractivity contribution in [2.45, 2.75) is 20.3 Å². The SMILES string of the molecule is CCOc1ccccc1N1CCN(C(=O)c2cc(-c3ccc(CC)s3)nc3ccc(Cl)cc23)CC1. The van der Waals surface area contributed by atoms with Crippen LogP contribution >= 0.6 is 22.9 Å². The highest BCUT2D eigenvalue weighted by Crippen LogP contribution is 2.33. The third kappa shape index (κ3) is 4.86. The Morgan fingerprint density at radius 3 is 2.57 bits per heavy atom. The molecule has 1 aliphatic heterocycles. The zero-order chi connectivity index (χ0) is 24.4. The van der Waals surface area contributed by atoms with Crippen molar-refractivity contribution in [3.8, 4) is 16.3 Å². The first-order valence-electron chi connectivity index (χ1n) is 12.0. The number of aromatic nitrogens is 1. The van der Waals surface area contributed by atoms with Gasteiger partial charge in [-0.25, -0.2) is 4.98 Å². The number of fused-ring (bicyclic) bond motifs is 1. The number of amides is 1. The lowest BCUT2D eigenvalue weighted by atomic mass is 10.0. The number of nitrogens with zero attached hydrogens (tertiary/aromatic N) is 3. The van der Waals surface area contributed by atoms with E-state index in [1.807, 2.05) is 54.3 Å². The van der Waals surface area contributed by atoms with Crippen LogP contribution in [0.4, 0.5) is 5.69 Å². The lowest BCUT2D eigenvalue weighted by Gasteiger charge is -2.37. The summed E-state index contributed by atoms with van der Waals surface area (Å²) in [5.74, 6) is 0.905. The largest absolute Gasteiger partial charge is 0.492 e. The van der Waals surface area contributed by atoms with Crippen LogP contribution < -0.4 is 9.64 Å². The average molecular weight is 506 g/mol. The number of para-hydroxylation sites is 2. The highest BCUT2D eigenvalue weighted by molar-refractivity contribution is 7.15. The van der Waals surface area contributed by atoms with Crippen LogP contribution in [0.5, 0.6) is 5.75 Å². The summed E-state index contributed by atoms with van der Waals surface area (Å²) >= 11 is 8.04. The second-order valence-corrected chi connectivity index (χ2v) is 10.1. The van der Waals surface area contributed by atoms with Gasteiger partial charge < -0.3 is 14.5 Å². The number of piperazine rings is 1. The van der Waals surface area contributed by atoms with E-state index in [1.165, 1.54) is 4.88 Å². The molecule has 0 atom stereocenters. The Hall–Kier alpha value is -3.09. The molecule has 0 saturated carbocycles. The van der Waals surface area contributed by atoms with Gasteiger partial charge in [-0.05, 0) is 61.9 Å². The molecule has 3 heterocycles. The minimum Gasteiger partial charge on any atom is -0.492 e. The van der Waals surface area contributed by atoms with E-state index in [4.69, 9.17) is 21.3 Å². The van der Waals surface area contributed by atoms with Crippen LogP contribution in [0.15, 0.2) is 60.7 Å². The van der Waals surface area contributed by atoms with E-state index < -0.39 is 0 Å². The lowest BCUT2D eigenvalue weighted by Crippen LogP contribution is -2.49. The van der Waals surface area contributed by atoms with Crippen molar-refractivity contribution >= 4 is 45.4 Å². The van der Waals surface area contributed by atoms with E-state index in [-0.39, 0.29) is 5.91 Å². The number of aryl methyl sites for hydroxylation is 1. The molecule has 4 aromatic rings. The molecule has 180 valence electrons. The smallest absolute Gasteiger partial charge is 0.254 e. The number of carbonyl (C=O) groups excluding carboxylic acids is 1. The van der Waals surface area contributed by atoms with E-state index in [0.717, 1.165) is 52.4 Å². The van der Waals surface area contributed by atoms with Crippen molar-refractivity contribution in [3.63, 3.8) is 0 Å². The number of anilines is 1. The summed E-state index contributed by atoms with van der Waals surface area (Å²) in [6.45, 7) is 7.53. The highest BCUT2D eigenvalue weighted by atomic mass is 35.5. The third-order valence-corrected chi connectivity index (χ3v) is 7.82. The Morgan fingerprint density at radius 1 is 1.03 bits per heavy atom. The van der Waals surface area contributed by atoms with Gasteiger partial charge in [0.1, 0.15) is 5.75 Å². The fourth-order valence-corrected chi connectivity index (χ4v) is 5.60. The van der Waals surface area contributed by atoms with Crippen molar-refractivity contribution in [2.24, 2.45) is 0 Å². The molecule has 1 aliphatic rings. The van der Waals surface area contributed by atoms with E-state index in [1.54, 1.807) is 11.3 Å². The van der Waals surface area contributed by atoms with Crippen molar-refractivity contribution in [1.82, 2.24) is 9.88 Å². The fraction of sp³-hybridized carbons (Fsp3) is 0.286. The lowest BCUT2D eigenvalue weighted by molar-refractivity contribution is 0.0748. The van der Waals surface area contributed by atoms with Gasteiger partial charge in [-0.3, -0.25) is 4.79 Å². The Morgan fingerprint density at radius 2 is 1.83 bits per heavy atom. The monoisotopic (exact) mass is 505 g/mol. The second kappa shape index (κ2) is 10.3. The summed E-state index contributed by atoms with van der Waals surface area (Å²) in [7, 11) is 0. The molecule has 2 aromatic carbocycles. The number of benzene rings is 2. The summed E-state index contributed by atoms with van der Waals surface area (Å²) < 4.78 is 5.82. The number of carbonyl (C=O) groups is 1. The molecule has 5 nitrogen and oxygen atoms in total. The molecule has 0 N–H and O–H groups in total. The number of hydrogen-bond acceptors (Lipinski definition) is 5. The average Bonchev–Trinajstić information content (AvgIpc) is 3.38. The van der Waals surface area contributed by atoms with Gasteiger partial charge in [-0.2, -0.15) is 0 Å². The van der Waals surface area contributed by atoms with Gasteiger partial charge in [-0.1, -0.05) is 30.7 Å². The van der Waals surface area contributed by atoms with Gasteiger partial charge >= 0.3 is 0 Å². The molecule has 35 heavy (non-hydrogen) atoms. The minimum atomic E-state index is 0.0194. The summed E-state index contributed by atoms with van der Waals surface area (Å²) in [4.78, 5) is 25.3. The van der Waals surface area contributed by atoms with Crippen molar-refractivity contribution in [2.75, 3.05) is 37.7 Å². The second-order valence-electron chi connectivity index (χ2n) is 8.52. The van der Waals surface area contributed by atoms with E-state index in [0.29, 0.717) is 30.3 Å². The summed E-state index contributed by atoms with van der Waals surface area (Å²) in [5, 5.41) is 1.39. The number of hydrogen-bond donors (Lipinski definition) is 0. The minimum absolute atomic E-state index is 0.0194. The topological polar surface area (TPSA) is 45.7 Å². The van der Waals surface area contributed by atoms with Gasteiger partial charge in [0.2, 0.25) is 0 Å². The van der Waals surface area contributed by atoms with Crippen LogP contribution in [0.2, 0.25) is 5.02 Å². The van der Waals surface area contributed by atoms with Crippen LogP contribution in [0.3, 0.4) is 0 Å². The van der Waals surface area contributed by atoms with Crippen molar-refractivity contribution < 1.29 is 9.53 Å². The number of rotatable bonds is 6. The van der Waals surface area contributed by atoms with E-state index in [9.17, 15) is 4.79 Å². The first-order chi connectivity index (χ1) is 17.1. The summed E-state index contributed by atoms with van der Waals surface area (Å²) in [5.41, 5.74) is 3.35. The molecule has 1 amide bonds. The maximum Gasteiger partial charge on any atom is 0.254 e. The van der Waals surface area contributed by atoms with Crippen LogP contribution in [-0.2, 0) is 6.42 Å². The van der Waals surface area contributed by atoms with Crippen LogP contribution in [0.1, 0.15) is 29.1 Å². The Kier molecular flexibility index (Phi) is 6.93. The molecule has 1 fully saturated rings. The van der Waals surface area contributed by atoms with Crippen LogP contribution in [0.25, 0.3) is 21.5 Å². The molecular formula is C28H28ClN3O2S. The molecule has 0 unspecified atom stereocenters. The molecular weight excluding hydrogens is 478 g/mol. The van der Waals surface area contributed by atoms with Gasteiger partial charge in [0.05, 0.1) is 33.9 Å². The van der Waals surface area contributed by atoms with Gasteiger partial charge in [-0.15, -0.1) is 11.3 Å². The standard InChI is InChI=1S/C28H28ClN3O2S/c1-3-20-10-12-27(35-20)24-18-22(21-17-19(29)9-11-23(21)30-24)28(33)32-15-13-31(14-16-32)25-7-5-6-8-26(25)34-4-2/h5-12,17-18H,3-4,13-16H2,1-2H3. The summed E-state index contributed by atoms with van der Waals surface area (Å²) in [6, 6.07) is 19.8. The van der Waals surface area contributed by atoms with Crippen LogP contribution in [-0.4, -0.2) is 48.6 Å². The van der Waals surface area contributed by atoms with E-state index >= 15 is 0 Å². The van der Waals surface area contributed by atoms with Gasteiger partial charge in [0, 0.05) is 41.5 Å². The number of thiophene rings is 1. The predicted octanol–water partition coefficient (Wildman–Crippen LogP) is 6.54. The number of halogens is 1. The molecule has 2 aromatic heterocycles. The zero-order valence-electron chi connectivity index (χ0n) is 20.0. The quantitative estimate of drug-likeness (QED) is 0.298.